The molecule has 0 aliphatic carbocycles. The van der Waals surface area contributed by atoms with Gasteiger partial charge in [0.15, 0.2) is 0 Å². The predicted octanol–water partition coefficient (Wildman–Crippen LogP) is 2.79. The Hall–Kier alpha value is -1.31. The van der Waals surface area contributed by atoms with Crippen LogP contribution in [0.2, 0.25) is 0 Å². The van der Waals surface area contributed by atoms with Crippen LogP contribution in [0.15, 0.2) is 46.6 Å². The molecule has 0 atom stereocenters. The number of carbonyl (C=O) groups is 1. The molecule has 3 heteroatoms. The molecular formula is C11H9BrO2. The van der Waals surface area contributed by atoms with E-state index in [1.54, 1.807) is 0 Å². The molecule has 1 N–H and O–H groups in total. The van der Waals surface area contributed by atoms with E-state index in [9.17, 15) is 4.79 Å². The molecule has 0 heterocycles. The van der Waals surface area contributed by atoms with Gasteiger partial charge >= 0.3 is 5.97 Å². The number of benzene rings is 1. The average molecular weight is 253 g/mol. The fourth-order valence-corrected chi connectivity index (χ4v) is 1.51. The Morgan fingerprint density at radius 1 is 1.57 bits per heavy atom. The molecule has 0 aliphatic rings. The molecule has 1 rings (SSSR count). The molecule has 0 bridgehead atoms. The van der Waals surface area contributed by atoms with Crippen molar-refractivity contribution in [2.24, 2.45) is 0 Å². The third-order valence-corrected chi connectivity index (χ3v) is 2.23. The highest BCUT2D eigenvalue weighted by atomic mass is 79.9. The summed E-state index contributed by atoms with van der Waals surface area (Å²) in [5.41, 5.74) is 3.53. The van der Waals surface area contributed by atoms with Crippen molar-refractivity contribution in [3.05, 3.63) is 52.2 Å². The first kappa shape index (κ1) is 10.8. The van der Waals surface area contributed by atoms with Crippen LogP contribution in [0.5, 0.6) is 0 Å². The van der Waals surface area contributed by atoms with Gasteiger partial charge in [-0.25, -0.2) is 4.79 Å². The molecule has 0 amide bonds. The molecular weight excluding hydrogens is 244 g/mol. The Balaban J connectivity index is 2.88. The van der Waals surface area contributed by atoms with Gasteiger partial charge in [-0.2, -0.15) is 0 Å². The van der Waals surface area contributed by atoms with E-state index >= 15 is 0 Å². The largest absolute Gasteiger partial charge is 0.477 e. The lowest BCUT2D eigenvalue weighted by Crippen LogP contribution is -2.02. The molecule has 1 aromatic rings. The van der Waals surface area contributed by atoms with Gasteiger partial charge in [0.2, 0.25) is 0 Å². The van der Waals surface area contributed by atoms with Gasteiger partial charge in [0, 0.05) is 10.9 Å². The van der Waals surface area contributed by atoms with Gasteiger partial charge in [-0.05, 0) is 17.7 Å². The number of hydrogen-bond donors (Lipinski definition) is 1. The Labute approximate surface area is 90.7 Å². The van der Waals surface area contributed by atoms with E-state index in [1.165, 1.54) is 0 Å². The molecule has 0 aromatic heterocycles. The van der Waals surface area contributed by atoms with Gasteiger partial charge in [-0.15, -0.1) is 5.73 Å². The van der Waals surface area contributed by atoms with E-state index in [0.717, 1.165) is 10.0 Å². The highest BCUT2D eigenvalue weighted by Crippen LogP contribution is 2.14. The van der Waals surface area contributed by atoms with Crippen LogP contribution < -0.4 is 0 Å². The number of aliphatic carboxylic acids is 1. The van der Waals surface area contributed by atoms with E-state index in [2.05, 4.69) is 28.2 Å². The zero-order valence-electron chi connectivity index (χ0n) is 7.46. The summed E-state index contributed by atoms with van der Waals surface area (Å²) in [6.07, 6.45) is 0.346. The van der Waals surface area contributed by atoms with Crippen molar-refractivity contribution >= 4 is 21.9 Å². The van der Waals surface area contributed by atoms with E-state index in [4.69, 9.17) is 5.11 Å². The summed E-state index contributed by atoms with van der Waals surface area (Å²) in [7, 11) is 0. The monoisotopic (exact) mass is 252 g/mol. The van der Waals surface area contributed by atoms with Crippen molar-refractivity contribution in [2.45, 2.75) is 6.42 Å². The topological polar surface area (TPSA) is 37.3 Å². The fourth-order valence-electron chi connectivity index (χ4n) is 1.06. The van der Waals surface area contributed by atoms with Crippen molar-refractivity contribution in [2.75, 3.05) is 0 Å². The summed E-state index contributed by atoms with van der Waals surface area (Å²) in [5.74, 6) is -0.972. The smallest absolute Gasteiger partial charge is 0.339 e. The zero-order valence-corrected chi connectivity index (χ0v) is 9.04. The second-order valence-corrected chi connectivity index (χ2v) is 3.68. The first-order valence-corrected chi connectivity index (χ1v) is 4.79. The lowest BCUT2D eigenvalue weighted by atomic mass is 10.1. The summed E-state index contributed by atoms with van der Waals surface area (Å²) in [5, 5.41) is 8.75. The van der Waals surface area contributed by atoms with Crippen LogP contribution in [-0.4, -0.2) is 11.1 Å². The highest BCUT2D eigenvalue weighted by Gasteiger charge is 2.06. The molecule has 0 fully saturated rings. The molecule has 2 nitrogen and oxygen atoms in total. The van der Waals surface area contributed by atoms with Gasteiger partial charge in [0.05, 0.1) is 5.57 Å². The summed E-state index contributed by atoms with van der Waals surface area (Å²) >= 11 is 3.32. The normalized spacial score (nSPS) is 9.21. The lowest BCUT2D eigenvalue weighted by molar-refractivity contribution is -0.132. The maximum atomic E-state index is 10.7. The van der Waals surface area contributed by atoms with Gasteiger partial charge in [-0.3, -0.25) is 0 Å². The van der Waals surface area contributed by atoms with Crippen molar-refractivity contribution in [1.82, 2.24) is 0 Å². The predicted molar refractivity (Wildman–Crippen MR) is 58.1 cm³/mol. The minimum absolute atomic E-state index is 0.183. The van der Waals surface area contributed by atoms with Gasteiger partial charge in [-0.1, -0.05) is 34.6 Å². The summed E-state index contributed by atoms with van der Waals surface area (Å²) in [6.45, 7) is 3.35. The minimum Gasteiger partial charge on any atom is -0.477 e. The van der Waals surface area contributed by atoms with E-state index in [-0.39, 0.29) is 5.57 Å². The number of carboxylic acids is 1. The van der Waals surface area contributed by atoms with Crippen LogP contribution >= 0.6 is 15.9 Å². The number of rotatable bonds is 3. The zero-order chi connectivity index (χ0) is 10.6. The maximum absolute atomic E-state index is 10.7. The molecule has 0 aliphatic heterocycles. The quantitative estimate of drug-likeness (QED) is 0.664. The fraction of sp³-hybridized carbons (Fsp3) is 0.0909. The molecule has 0 saturated carbocycles. The summed E-state index contributed by atoms with van der Waals surface area (Å²) in [6, 6.07) is 7.49. The van der Waals surface area contributed by atoms with Crippen LogP contribution in [0.3, 0.4) is 0 Å². The number of halogens is 1. The Morgan fingerprint density at radius 2 is 2.29 bits per heavy atom. The Bertz CT molecular complexity index is 404. The SMILES string of the molecule is C=C=C(Cc1cccc(Br)c1)C(=O)O. The van der Waals surface area contributed by atoms with Crippen molar-refractivity contribution in [3.8, 4) is 0 Å². The van der Waals surface area contributed by atoms with Crippen LogP contribution in [-0.2, 0) is 11.2 Å². The second kappa shape index (κ2) is 4.80. The van der Waals surface area contributed by atoms with Crippen LogP contribution in [0.4, 0.5) is 0 Å². The Kier molecular flexibility index (Phi) is 3.69. The molecule has 0 unspecified atom stereocenters. The maximum Gasteiger partial charge on any atom is 0.339 e. The molecule has 14 heavy (non-hydrogen) atoms. The van der Waals surface area contributed by atoms with E-state index in [0.29, 0.717) is 6.42 Å². The second-order valence-electron chi connectivity index (χ2n) is 2.77. The minimum atomic E-state index is -0.972. The lowest BCUT2D eigenvalue weighted by Gasteiger charge is -2.00. The first-order valence-electron chi connectivity index (χ1n) is 4.00. The average Bonchev–Trinajstić information content (AvgIpc) is 2.14. The van der Waals surface area contributed by atoms with Crippen LogP contribution in [0.1, 0.15) is 5.56 Å². The third-order valence-electron chi connectivity index (χ3n) is 1.74. The van der Waals surface area contributed by atoms with Gasteiger partial charge in [0.1, 0.15) is 0 Å². The molecule has 0 spiro atoms. The standard InChI is InChI=1S/C11H9BrO2/c1-2-9(11(13)14)6-8-4-3-5-10(12)7-8/h3-5,7H,1,6H2,(H,13,14). The van der Waals surface area contributed by atoms with Gasteiger partial charge in [0.25, 0.3) is 0 Å². The molecule has 0 saturated heterocycles. The summed E-state index contributed by atoms with van der Waals surface area (Å²) in [4.78, 5) is 10.7. The first-order chi connectivity index (χ1) is 6.63. The highest BCUT2D eigenvalue weighted by molar-refractivity contribution is 9.10. The Morgan fingerprint density at radius 3 is 2.79 bits per heavy atom. The summed E-state index contributed by atoms with van der Waals surface area (Å²) < 4.78 is 0.934. The number of hydrogen-bond acceptors (Lipinski definition) is 1. The van der Waals surface area contributed by atoms with Crippen molar-refractivity contribution in [3.63, 3.8) is 0 Å². The molecule has 0 radical (unpaired) electrons. The van der Waals surface area contributed by atoms with Crippen LogP contribution in [0, 0.1) is 0 Å². The van der Waals surface area contributed by atoms with E-state index < -0.39 is 5.97 Å². The number of carboxylic acid groups (broad SMARTS) is 1. The third kappa shape index (κ3) is 2.87. The van der Waals surface area contributed by atoms with E-state index in [1.807, 2.05) is 24.3 Å². The molecule has 72 valence electrons. The van der Waals surface area contributed by atoms with Crippen LogP contribution in [0.25, 0.3) is 0 Å². The van der Waals surface area contributed by atoms with Crippen molar-refractivity contribution in [1.29, 1.82) is 0 Å². The molecule has 1 aromatic carbocycles. The van der Waals surface area contributed by atoms with Crippen molar-refractivity contribution < 1.29 is 9.90 Å². The van der Waals surface area contributed by atoms with Gasteiger partial charge < -0.3 is 5.11 Å².